The molecule has 0 unspecified atom stereocenters. The molecule has 1 aliphatic rings. The third-order valence-electron chi connectivity index (χ3n) is 2.96. The molecule has 2 rings (SSSR count). The topological polar surface area (TPSA) is 55.2 Å². The Kier molecular flexibility index (Phi) is 3.56. The second kappa shape index (κ2) is 5.12. The number of anilines is 1. The average molecular weight is 238 g/mol. The average Bonchev–Trinajstić information content (AvgIpc) is 3.09. The van der Waals surface area contributed by atoms with Crippen molar-refractivity contribution in [1.29, 1.82) is 0 Å². The lowest BCUT2D eigenvalue weighted by Gasteiger charge is -2.06. The van der Waals surface area contributed by atoms with Gasteiger partial charge in [-0.1, -0.05) is 12.8 Å². The third kappa shape index (κ3) is 3.41. The van der Waals surface area contributed by atoms with E-state index in [1.165, 1.54) is 31.4 Å². The van der Waals surface area contributed by atoms with Crippen molar-refractivity contribution in [2.24, 2.45) is 5.92 Å². The summed E-state index contributed by atoms with van der Waals surface area (Å²) in [6.07, 6.45) is 4.80. The van der Waals surface area contributed by atoms with Gasteiger partial charge in [-0.3, -0.25) is 10.1 Å². The van der Waals surface area contributed by atoms with E-state index in [4.69, 9.17) is 0 Å². The van der Waals surface area contributed by atoms with E-state index in [0.717, 1.165) is 18.4 Å². The second-order valence-corrected chi connectivity index (χ2v) is 4.43. The van der Waals surface area contributed by atoms with Crippen LogP contribution in [-0.2, 0) is 0 Å². The molecule has 0 heterocycles. The van der Waals surface area contributed by atoms with Crippen molar-refractivity contribution < 1.29 is 9.31 Å². The molecule has 0 radical (unpaired) electrons. The summed E-state index contributed by atoms with van der Waals surface area (Å²) < 4.78 is 12.9. The Hall–Kier alpha value is -1.65. The van der Waals surface area contributed by atoms with Gasteiger partial charge in [0.2, 0.25) is 0 Å². The zero-order valence-electron chi connectivity index (χ0n) is 9.49. The first-order valence-corrected chi connectivity index (χ1v) is 5.84. The molecule has 0 aromatic heterocycles. The molecule has 0 saturated heterocycles. The molecule has 1 fully saturated rings. The molecule has 5 heteroatoms. The minimum atomic E-state index is -0.583. The van der Waals surface area contributed by atoms with Crippen LogP contribution in [0.4, 0.5) is 15.8 Å². The number of nitro benzene ring substituents is 1. The summed E-state index contributed by atoms with van der Waals surface area (Å²) in [5, 5.41) is 13.7. The Balaban J connectivity index is 1.91. The van der Waals surface area contributed by atoms with Crippen LogP contribution >= 0.6 is 0 Å². The van der Waals surface area contributed by atoms with E-state index in [-0.39, 0.29) is 5.69 Å². The van der Waals surface area contributed by atoms with Gasteiger partial charge in [-0.05, 0) is 30.9 Å². The predicted octanol–water partition coefficient (Wildman–Crippen LogP) is 3.34. The van der Waals surface area contributed by atoms with Gasteiger partial charge >= 0.3 is 0 Å². The number of nitrogens with zero attached hydrogens (tertiary/aromatic N) is 1. The molecule has 1 aromatic carbocycles. The fraction of sp³-hybridized carbons (Fsp3) is 0.500. The van der Waals surface area contributed by atoms with Gasteiger partial charge < -0.3 is 5.32 Å². The Morgan fingerprint density at radius 3 is 2.88 bits per heavy atom. The number of hydrogen-bond donors (Lipinski definition) is 1. The number of nitro groups is 1. The quantitative estimate of drug-likeness (QED) is 0.470. The van der Waals surface area contributed by atoms with Crippen molar-refractivity contribution in [3.8, 4) is 0 Å². The molecule has 1 aliphatic carbocycles. The fourth-order valence-electron chi connectivity index (χ4n) is 1.83. The normalized spacial score (nSPS) is 14.6. The molecule has 0 aliphatic heterocycles. The van der Waals surface area contributed by atoms with Gasteiger partial charge in [0, 0.05) is 6.54 Å². The van der Waals surface area contributed by atoms with Gasteiger partial charge in [0.15, 0.2) is 0 Å². The zero-order valence-corrected chi connectivity index (χ0v) is 9.49. The fourth-order valence-corrected chi connectivity index (χ4v) is 1.83. The van der Waals surface area contributed by atoms with Crippen LogP contribution in [0.2, 0.25) is 0 Å². The molecule has 17 heavy (non-hydrogen) atoms. The minimum absolute atomic E-state index is 0.198. The SMILES string of the molecule is O=[N+]([O-])c1cc(F)ccc1NCCCC1CC1. The first kappa shape index (κ1) is 11.8. The van der Waals surface area contributed by atoms with Crippen LogP contribution < -0.4 is 5.32 Å². The van der Waals surface area contributed by atoms with Crippen molar-refractivity contribution in [1.82, 2.24) is 0 Å². The summed E-state index contributed by atoms with van der Waals surface area (Å²) in [5.41, 5.74) is 0.198. The minimum Gasteiger partial charge on any atom is -0.379 e. The molecular weight excluding hydrogens is 223 g/mol. The highest BCUT2D eigenvalue weighted by molar-refractivity contribution is 5.61. The molecule has 1 N–H and O–H groups in total. The second-order valence-electron chi connectivity index (χ2n) is 4.43. The van der Waals surface area contributed by atoms with Gasteiger partial charge in [-0.15, -0.1) is 0 Å². The Labute approximate surface area is 99.0 Å². The van der Waals surface area contributed by atoms with E-state index >= 15 is 0 Å². The molecule has 92 valence electrons. The van der Waals surface area contributed by atoms with Crippen LogP contribution in [0.25, 0.3) is 0 Å². The highest BCUT2D eigenvalue weighted by Crippen LogP contribution is 2.33. The summed E-state index contributed by atoms with van der Waals surface area (Å²) in [6.45, 7) is 0.697. The van der Waals surface area contributed by atoms with Crippen LogP contribution in [0.1, 0.15) is 25.7 Å². The Morgan fingerprint density at radius 1 is 1.47 bits per heavy atom. The van der Waals surface area contributed by atoms with Crippen molar-refractivity contribution in [3.05, 3.63) is 34.1 Å². The highest BCUT2D eigenvalue weighted by atomic mass is 19.1. The lowest BCUT2D eigenvalue weighted by atomic mass is 10.2. The number of rotatable bonds is 6. The summed E-state index contributed by atoms with van der Waals surface area (Å²) in [7, 11) is 0. The maximum absolute atomic E-state index is 12.9. The van der Waals surface area contributed by atoms with Gasteiger partial charge in [0.05, 0.1) is 11.0 Å². The first-order valence-electron chi connectivity index (χ1n) is 5.84. The van der Waals surface area contributed by atoms with E-state index in [1.54, 1.807) is 0 Å². The lowest BCUT2D eigenvalue weighted by Crippen LogP contribution is -2.04. The monoisotopic (exact) mass is 238 g/mol. The van der Waals surface area contributed by atoms with Crippen LogP contribution in [0.3, 0.4) is 0 Å². The molecule has 1 saturated carbocycles. The maximum Gasteiger partial charge on any atom is 0.295 e. The number of halogens is 1. The van der Waals surface area contributed by atoms with E-state index in [0.29, 0.717) is 12.2 Å². The van der Waals surface area contributed by atoms with Gasteiger partial charge in [-0.2, -0.15) is 0 Å². The van der Waals surface area contributed by atoms with Crippen molar-refractivity contribution in [2.75, 3.05) is 11.9 Å². The highest BCUT2D eigenvalue weighted by Gasteiger charge is 2.20. The molecule has 0 atom stereocenters. The Morgan fingerprint density at radius 2 is 2.24 bits per heavy atom. The van der Waals surface area contributed by atoms with Crippen molar-refractivity contribution in [2.45, 2.75) is 25.7 Å². The molecule has 1 aromatic rings. The van der Waals surface area contributed by atoms with Crippen LogP contribution in [0.15, 0.2) is 18.2 Å². The molecule has 0 bridgehead atoms. The summed E-state index contributed by atoms with van der Waals surface area (Å²) >= 11 is 0. The number of nitrogens with one attached hydrogen (secondary N) is 1. The third-order valence-corrected chi connectivity index (χ3v) is 2.96. The Bertz CT molecular complexity index is 419. The smallest absolute Gasteiger partial charge is 0.295 e. The lowest BCUT2D eigenvalue weighted by molar-refractivity contribution is -0.384. The number of hydrogen-bond acceptors (Lipinski definition) is 3. The van der Waals surface area contributed by atoms with Crippen LogP contribution in [0, 0.1) is 21.8 Å². The van der Waals surface area contributed by atoms with Gasteiger partial charge in [0.25, 0.3) is 5.69 Å². The summed E-state index contributed by atoms with van der Waals surface area (Å²) in [5.74, 6) is 0.278. The van der Waals surface area contributed by atoms with Crippen molar-refractivity contribution in [3.63, 3.8) is 0 Å². The first-order chi connectivity index (χ1) is 8.16. The molecule has 0 amide bonds. The molecule has 0 spiro atoms. The van der Waals surface area contributed by atoms with Crippen molar-refractivity contribution >= 4 is 11.4 Å². The van der Waals surface area contributed by atoms with E-state index < -0.39 is 10.7 Å². The van der Waals surface area contributed by atoms with E-state index in [1.807, 2.05) is 0 Å². The van der Waals surface area contributed by atoms with Gasteiger partial charge in [-0.25, -0.2) is 4.39 Å². The molecule has 4 nitrogen and oxygen atoms in total. The standard InChI is InChI=1S/C12H15FN2O2/c13-10-5-6-11(12(8-10)15(16)17)14-7-1-2-9-3-4-9/h5-6,8-9,14H,1-4,7H2. The predicted molar refractivity (Wildman–Crippen MR) is 63.5 cm³/mol. The summed E-state index contributed by atoms with van der Waals surface area (Å²) in [6, 6.07) is 3.60. The van der Waals surface area contributed by atoms with Crippen LogP contribution in [0.5, 0.6) is 0 Å². The summed E-state index contributed by atoms with van der Waals surface area (Å²) in [4.78, 5) is 10.2. The molecular formula is C12H15FN2O2. The van der Waals surface area contributed by atoms with E-state index in [2.05, 4.69) is 5.32 Å². The number of benzene rings is 1. The zero-order chi connectivity index (χ0) is 12.3. The van der Waals surface area contributed by atoms with Crippen LogP contribution in [-0.4, -0.2) is 11.5 Å². The van der Waals surface area contributed by atoms with Gasteiger partial charge in [0.1, 0.15) is 11.5 Å². The largest absolute Gasteiger partial charge is 0.379 e. The van der Waals surface area contributed by atoms with E-state index in [9.17, 15) is 14.5 Å². The maximum atomic E-state index is 12.9.